The van der Waals surface area contributed by atoms with E-state index in [2.05, 4.69) is 82.8 Å². The Balaban J connectivity index is 1.95. The maximum Gasteiger partial charge on any atom is 0.164 e. The number of hydrogen-bond donors (Lipinski definition) is 0. The Kier molecular flexibility index (Phi) is 4.71. The Labute approximate surface area is 181 Å². The number of aromatic nitrogens is 4. The van der Waals surface area contributed by atoms with Gasteiger partial charge in [0.2, 0.25) is 0 Å². The number of anilines is 1. The van der Waals surface area contributed by atoms with Crippen LogP contribution in [-0.4, -0.2) is 33.8 Å². The van der Waals surface area contributed by atoms with Crippen LogP contribution in [0.5, 0.6) is 0 Å². The van der Waals surface area contributed by atoms with Crippen molar-refractivity contribution in [2.75, 3.05) is 19.0 Å². The van der Waals surface area contributed by atoms with Crippen LogP contribution in [0.4, 0.5) is 5.82 Å². The van der Waals surface area contributed by atoms with Crippen molar-refractivity contribution in [2.24, 2.45) is 0 Å². The van der Waals surface area contributed by atoms with Crippen LogP contribution in [0.3, 0.4) is 0 Å². The normalized spacial score (nSPS) is 11.5. The van der Waals surface area contributed by atoms with E-state index in [0.29, 0.717) is 0 Å². The Morgan fingerprint density at radius 1 is 0.677 bits per heavy atom. The van der Waals surface area contributed by atoms with E-state index in [-0.39, 0.29) is 0 Å². The highest BCUT2D eigenvalue weighted by atomic mass is 15.4. The van der Waals surface area contributed by atoms with Gasteiger partial charge in [0.15, 0.2) is 5.65 Å². The molecule has 0 unspecified atom stereocenters. The summed E-state index contributed by atoms with van der Waals surface area (Å²) in [4.78, 5) is 11.2. The molecule has 0 saturated carbocycles. The fourth-order valence-corrected chi connectivity index (χ4v) is 4.34. The van der Waals surface area contributed by atoms with E-state index in [4.69, 9.17) is 5.10 Å². The van der Waals surface area contributed by atoms with Crippen molar-refractivity contribution in [3.8, 4) is 0 Å². The molecule has 0 atom stereocenters. The monoisotopic (exact) mass is 405 g/mol. The summed E-state index contributed by atoms with van der Waals surface area (Å²) >= 11 is 0. The molecular formula is C26H23N5. The third-order valence-electron chi connectivity index (χ3n) is 5.66. The molecule has 0 bridgehead atoms. The molecule has 0 saturated heterocycles. The summed E-state index contributed by atoms with van der Waals surface area (Å²) in [5.41, 5.74) is 3.44. The molecule has 0 N–H and O–H groups in total. The van der Waals surface area contributed by atoms with Crippen LogP contribution in [0.15, 0.2) is 104 Å². The van der Waals surface area contributed by atoms with E-state index in [1.807, 2.05) is 48.1 Å². The van der Waals surface area contributed by atoms with Gasteiger partial charge in [-0.2, -0.15) is 5.10 Å². The second kappa shape index (κ2) is 7.69. The summed E-state index contributed by atoms with van der Waals surface area (Å²) in [5.74, 6) is 0.847. The SMILES string of the molecule is CN(C)c1ncnc2c1cnn2C(c1ccccc1)(c1ccccc1)c1ccccc1. The first-order chi connectivity index (χ1) is 15.2. The lowest BCUT2D eigenvalue weighted by atomic mass is 9.77. The predicted octanol–water partition coefficient (Wildman–Crippen LogP) is 4.73. The molecule has 3 aromatic carbocycles. The van der Waals surface area contributed by atoms with Gasteiger partial charge in [0, 0.05) is 14.1 Å². The molecule has 5 aromatic rings. The van der Waals surface area contributed by atoms with E-state index in [1.54, 1.807) is 6.33 Å². The standard InChI is InChI=1S/C26H23N5/c1-30(2)24-23-18-29-31(25(23)28-19-27-24)26(20-12-6-3-7-13-20,21-14-8-4-9-15-21)22-16-10-5-11-17-22/h3-19H,1-2H3. The summed E-state index contributed by atoms with van der Waals surface area (Å²) in [7, 11) is 3.97. The number of hydrogen-bond acceptors (Lipinski definition) is 4. The Bertz CT molecular complexity index is 1200. The first-order valence-electron chi connectivity index (χ1n) is 10.3. The van der Waals surface area contributed by atoms with Gasteiger partial charge in [-0.3, -0.25) is 0 Å². The van der Waals surface area contributed by atoms with Crippen LogP contribution in [0.25, 0.3) is 11.0 Å². The minimum Gasteiger partial charge on any atom is -0.362 e. The van der Waals surface area contributed by atoms with Gasteiger partial charge >= 0.3 is 0 Å². The zero-order chi connectivity index (χ0) is 21.3. The average molecular weight is 406 g/mol. The molecule has 5 nitrogen and oxygen atoms in total. The average Bonchev–Trinajstić information content (AvgIpc) is 3.26. The third-order valence-corrected chi connectivity index (χ3v) is 5.66. The lowest BCUT2D eigenvalue weighted by Crippen LogP contribution is -2.38. The highest BCUT2D eigenvalue weighted by Gasteiger charge is 2.40. The molecule has 2 heterocycles. The molecule has 0 aliphatic rings. The highest BCUT2D eigenvalue weighted by Crippen LogP contribution is 2.42. The smallest absolute Gasteiger partial charge is 0.164 e. The third kappa shape index (κ3) is 2.97. The van der Waals surface area contributed by atoms with Gasteiger partial charge in [-0.1, -0.05) is 91.0 Å². The van der Waals surface area contributed by atoms with Gasteiger partial charge in [0.1, 0.15) is 17.7 Å². The summed E-state index contributed by atoms with van der Waals surface area (Å²) in [5, 5.41) is 5.84. The first-order valence-corrected chi connectivity index (χ1v) is 10.3. The maximum atomic E-state index is 4.93. The number of fused-ring (bicyclic) bond motifs is 1. The van der Waals surface area contributed by atoms with Crippen molar-refractivity contribution in [3.63, 3.8) is 0 Å². The zero-order valence-electron chi connectivity index (χ0n) is 17.6. The molecule has 0 amide bonds. The molecule has 5 heteroatoms. The van der Waals surface area contributed by atoms with Crippen molar-refractivity contribution in [2.45, 2.75) is 5.54 Å². The minimum atomic E-state index is -0.691. The second-order valence-electron chi connectivity index (χ2n) is 7.69. The number of nitrogens with zero attached hydrogens (tertiary/aromatic N) is 5. The molecule has 152 valence electrons. The van der Waals surface area contributed by atoms with Crippen molar-refractivity contribution in [1.29, 1.82) is 0 Å². The van der Waals surface area contributed by atoms with Crippen LogP contribution in [-0.2, 0) is 5.54 Å². The fourth-order valence-electron chi connectivity index (χ4n) is 4.34. The maximum absolute atomic E-state index is 4.93. The van der Waals surface area contributed by atoms with Crippen LogP contribution in [0, 0.1) is 0 Å². The van der Waals surface area contributed by atoms with Crippen molar-refractivity contribution >= 4 is 16.9 Å². The molecule has 0 spiro atoms. The van der Waals surface area contributed by atoms with Crippen molar-refractivity contribution < 1.29 is 0 Å². The Morgan fingerprint density at radius 2 is 1.16 bits per heavy atom. The Hall–Kier alpha value is -3.99. The van der Waals surface area contributed by atoms with Crippen LogP contribution in [0.2, 0.25) is 0 Å². The van der Waals surface area contributed by atoms with Gasteiger partial charge in [0.25, 0.3) is 0 Å². The fraction of sp³-hybridized carbons (Fsp3) is 0.115. The van der Waals surface area contributed by atoms with Gasteiger partial charge in [-0.25, -0.2) is 14.6 Å². The number of benzene rings is 3. The summed E-state index contributed by atoms with van der Waals surface area (Å²) in [6.45, 7) is 0. The van der Waals surface area contributed by atoms with E-state index < -0.39 is 5.54 Å². The zero-order valence-corrected chi connectivity index (χ0v) is 17.6. The largest absolute Gasteiger partial charge is 0.362 e. The van der Waals surface area contributed by atoms with E-state index in [1.165, 1.54) is 0 Å². The molecule has 0 aliphatic carbocycles. The van der Waals surface area contributed by atoms with Crippen LogP contribution >= 0.6 is 0 Å². The molecule has 0 fully saturated rings. The molecule has 2 aromatic heterocycles. The van der Waals surface area contributed by atoms with E-state index in [0.717, 1.165) is 33.5 Å². The molecule has 5 rings (SSSR count). The van der Waals surface area contributed by atoms with Gasteiger partial charge in [0.05, 0.1) is 11.6 Å². The summed E-state index contributed by atoms with van der Waals surface area (Å²) in [6, 6.07) is 31.5. The quantitative estimate of drug-likeness (QED) is 0.397. The van der Waals surface area contributed by atoms with E-state index >= 15 is 0 Å². The van der Waals surface area contributed by atoms with Crippen LogP contribution < -0.4 is 4.90 Å². The number of rotatable bonds is 5. The lowest BCUT2D eigenvalue weighted by Gasteiger charge is -2.36. The second-order valence-corrected chi connectivity index (χ2v) is 7.69. The highest BCUT2D eigenvalue weighted by molar-refractivity contribution is 5.87. The van der Waals surface area contributed by atoms with E-state index in [9.17, 15) is 0 Å². The molecular weight excluding hydrogens is 382 g/mol. The Morgan fingerprint density at radius 3 is 1.61 bits per heavy atom. The topological polar surface area (TPSA) is 46.8 Å². The summed E-state index contributed by atoms with van der Waals surface area (Å²) < 4.78 is 2.04. The van der Waals surface area contributed by atoms with Crippen molar-refractivity contribution in [1.82, 2.24) is 19.7 Å². The van der Waals surface area contributed by atoms with Gasteiger partial charge in [-0.05, 0) is 16.7 Å². The molecule has 0 radical (unpaired) electrons. The molecule has 31 heavy (non-hydrogen) atoms. The summed E-state index contributed by atoms with van der Waals surface area (Å²) in [6.07, 6.45) is 3.48. The lowest BCUT2D eigenvalue weighted by molar-refractivity contribution is 0.472. The minimum absolute atomic E-state index is 0.691. The van der Waals surface area contributed by atoms with Crippen LogP contribution in [0.1, 0.15) is 16.7 Å². The van der Waals surface area contributed by atoms with Crippen molar-refractivity contribution in [3.05, 3.63) is 120 Å². The molecule has 0 aliphatic heterocycles. The van der Waals surface area contributed by atoms with Gasteiger partial charge in [-0.15, -0.1) is 0 Å². The van der Waals surface area contributed by atoms with Gasteiger partial charge < -0.3 is 4.90 Å². The predicted molar refractivity (Wildman–Crippen MR) is 124 cm³/mol. The first kappa shape index (κ1) is 19.0.